The summed E-state index contributed by atoms with van der Waals surface area (Å²) < 4.78 is 9.71. The van der Waals surface area contributed by atoms with Crippen LogP contribution in [-0.2, 0) is 7.05 Å². The van der Waals surface area contributed by atoms with E-state index in [1.807, 2.05) is 19.4 Å². The Morgan fingerprint density at radius 3 is 3.04 bits per heavy atom. The molecule has 0 unspecified atom stereocenters. The lowest BCUT2D eigenvalue weighted by Crippen LogP contribution is -2.20. The van der Waals surface area contributed by atoms with E-state index in [4.69, 9.17) is 15.5 Å². The topological polar surface area (TPSA) is 95.3 Å². The lowest BCUT2D eigenvalue weighted by molar-refractivity contribution is 0.182. The number of aryl methyl sites for hydroxylation is 1. The van der Waals surface area contributed by atoms with E-state index in [2.05, 4.69) is 15.5 Å². The highest BCUT2D eigenvalue weighted by molar-refractivity contribution is 5.66. The molecule has 4 heterocycles. The molecule has 1 aliphatic heterocycles. The maximum Gasteiger partial charge on any atom is 0.241 e. The molecule has 3 aromatic heterocycles. The molecule has 0 aromatic carbocycles. The van der Waals surface area contributed by atoms with Crippen molar-refractivity contribution in [2.75, 3.05) is 18.8 Å². The minimum absolute atomic E-state index is 0.150. The number of rotatable bonds is 3. The molecule has 1 atom stereocenters. The van der Waals surface area contributed by atoms with Crippen molar-refractivity contribution < 1.29 is 4.74 Å². The van der Waals surface area contributed by atoms with Gasteiger partial charge in [-0.3, -0.25) is 4.68 Å². The van der Waals surface area contributed by atoms with Crippen LogP contribution in [-0.4, -0.2) is 43.6 Å². The first kappa shape index (κ1) is 14.9. The molecule has 1 aliphatic rings. The SMILES string of the molecule is Cn1cc(-c2cn3nc(N)cc3c(O[C@@H]3CCCNCC3)n2)cn1. The molecule has 0 spiro atoms. The molecule has 0 saturated carbocycles. The average molecular weight is 327 g/mol. The Bertz CT molecular complexity index is 845. The largest absolute Gasteiger partial charge is 0.473 e. The molecule has 0 aliphatic carbocycles. The van der Waals surface area contributed by atoms with Crippen molar-refractivity contribution in [1.82, 2.24) is 29.7 Å². The van der Waals surface area contributed by atoms with Crippen molar-refractivity contribution >= 4 is 11.3 Å². The van der Waals surface area contributed by atoms with Crippen LogP contribution in [0.3, 0.4) is 0 Å². The van der Waals surface area contributed by atoms with Crippen LogP contribution < -0.4 is 15.8 Å². The Hall–Kier alpha value is -2.61. The number of anilines is 1. The number of nitrogens with zero attached hydrogens (tertiary/aromatic N) is 5. The highest BCUT2D eigenvalue weighted by atomic mass is 16.5. The lowest BCUT2D eigenvalue weighted by atomic mass is 10.1. The second-order valence-corrected chi connectivity index (χ2v) is 6.15. The van der Waals surface area contributed by atoms with Crippen LogP contribution >= 0.6 is 0 Å². The van der Waals surface area contributed by atoms with Gasteiger partial charge in [-0.1, -0.05) is 0 Å². The van der Waals surface area contributed by atoms with Gasteiger partial charge in [-0.25, -0.2) is 9.50 Å². The van der Waals surface area contributed by atoms with Crippen LogP contribution in [0.4, 0.5) is 5.82 Å². The zero-order chi connectivity index (χ0) is 16.5. The first-order valence-electron chi connectivity index (χ1n) is 8.21. The van der Waals surface area contributed by atoms with Gasteiger partial charge < -0.3 is 15.8 Å². The van der Waals surface area contributed by atoms with Crippen molar-refractivity contribution in [2.24, 2.45) is 7.05 Å². The molecule has 0 amide bonds. The molecule has 1 saturated heterocycles. The highest BCUT2D eigenvalue weighted by Crippen LogP contribution is 2.27. The molecule has 8 nitrogen and oxygen atoms in total. The first-order chi connectivity index (χ1) is 11.7. The summed E-state index contributed by atoms with van der Waals surface area (Å²) in [6, 6.07) is 1.80. The summed E-state index contributed by atoms with van der Waals surface area (Å²) in [5, 5.41) is 11.9. The van der Waals surface area contributed by atoms with Crippen LogP contribution in [0.15, 0.2) is 24.7 Å². The third-order valence-electron chi connectivity index (χ3n) is 4.24. The number of hydrogen-bond acceptors (Lipinski definition) is 6. The zero-order valence-electron chi connectivity index (χ0n) is 13.6. The van der Waals surface area contributed by atoms with E-state index in [0.29, 0.717) is 11.7 Å². The van der Waals surface area contributed by atoms with Gasteiger partial charge in [0.1, 0.15) is 17.4 Å². The number of aromatic nitrogens is 5. The van der Waals surface area contributed by atoms with Crippen LogP contribution in [0.5, 0.6) is 5.88 Å². The predicted octanol–water partition coefficient (Wildman–Crippen LogP) is 1.23. The lowest BCUT2D eigenvalue weighted by Gasteiger charge is -2.17. The molecule has 8 heteroatoms. The van der Waals surface area contributed by atoms with Gasteiger partial charge in [0, 0.05) is 24.9 Å². The second kappa shape index (κ2) is 6.12. The summed E-state index contributed by atoms with van der Waals surface area (Å²) in [5.41, 5.74) is 8.34. The number of nitrogens with one attached hydrogen (secondary N) is 1. The van der Waals surface area contributed by atoms with Gasteiger partial charge in [-0.05, 0) is 32.4 Å². The van der Waals surface area contributed by atoms with Crippen LogP contribution in [0.2, 0.25) is 0 Å². The first-order valence-corrected chi connectivity index (χ1v) is 8.21. The van der Waals surface area contributed by atoms with E-state index < -0.39 is 0 Å². The Kier molecular flexibility index (Phi) is 3.81. The van der Waals surface area contributed by atoms with Gasteiger partial charge in [0.25, 0.3) is 0 Å². The van der Waals surface area contributed by atoms with E-state index >= 15 is 0 Å². The van der Waals surface area contributed by atoms with E-state index in [0.717, 1.165) is 49.1 Å². The summed E-state index contributed by atoms with van der Waals surface area (Å²) in [6.45, 7) is 2.00. The van der Waals surface area contributed by atoms with Crippen molar-refractivity contribution in [2.45, 2.75) is 25.4 Å². The van der Waals surface area contributed by atoms with Gasteiger partial charge in [-0.2, -0.15) is 10.2 Å². The van der Waals surface area contributed by atoms with Crippen molar-refractivity contribution in [3.63, 3.8) is 0 Å². The molecule has 126 valence electrons. The Balaban J connectivity index is 1.74. The molecule has 1 fully saturated rings. The molecule has 4 rings (SSSR count). The fraction of sp³-hybridized carbons (Fsp3) is 0.438. The number of hydrogen-bond donors (Lipinski definition) is 2. The summed E-state index contributed by atoms with van der Waals surface area (Å²) in [5.74, 6) is 1.03. The van der Waals surface area contributed by atoms with Gasteiger partial charge in [0.2, 0.25) is 5.88 Å². The number of ether oxygens (including phenoxy) is 1. The van der Waals surface area contributed by atoms with Gasteiger partial charge in [0.15, 0.2) is 0 Å². The monoisotopic (exact) mass is 327 g/mol. The minimum Gasteiger partial charge on any atom is -0.473 e. The Morgan fingerprint density at radius 1 is 1.29 bits per heavy atom. The van der Waals surface area contributed by atoms with E-state index in [1.54, 1.807) is 21.5 Å². The normalized spacial score (nSPS) is 18.6. The summed E-state index contributed by atoms with van der Waals surface area (Å²) in [7, 11) is 1.88. The molecular formula is C16H21N7O. The van der Waals surface area contributed by atoms with Crippen molar-refractivity contribution in [1.29, 1.82) is 0 Å². The average Bonchev–Trinajstić information content (AvgIpc) is 3.05. The van der Waals surface area contributed by atoms with Crippen LogP contribution in [0.1, 0.15) is 19.3 Å². The molecule has 0 radical (unpaired) electrons. The Morgan fingerprint density at radius 2 is 2.21 bits per heavy atom. The number of fused-ring (bicyclic) bond motifs is 1. The fourth-order valence-corrected chi connectivity index (χ4v) is 3.03. The van der Waals surface area contributed by atoms with Crippen LogP contribution in [0.25, 0.3) is 16.8 Å². The summed E-state index contributed by atoms with van der Waals surface area (Å²) in [4.78, 5) is 4.71. The molecule has 3 N–H and O–H groups in total. The summed E-state index contributed by atoms with van der Waals surface area (Å²) in [6.07, 6.45) is 8.78. The van der Waals surface area contributed by atoms with Gasteiger partial charge in [-0.15, -0.1) is 0 Å². The Labute approximate surface area is 139 Å². The zero-order valence-corrected chi connectivity index (χ0v) is 13.6. The molecule has 3 aromatic rings. The highest BCUT2D eigenvalue weighted by Gasteiger charge is 2.18. The van der Waals surface area contributed by atoms with Gasteiger partial charge >= 0.3 is 0 Å². The fourth-order valence-electron chi connectivity index (χ4n) is 3.03. The second-order valence-electron chi connectivity index (χ2n) is 6.15. The third-order valence-corrected chi connectivity index (χ3v) is 4.24. The van der Waals surface area contributed by atoms with E-state index in [9.17, 15) is 0 Å². The number of nitrogen functional groups attached to an aromatic ring is 1. The van der Waals surface area contributed by atoms with Crippen molar-refractivity contribution in [3.05, 3.63) is 24.7 Å². The van der Waals surface area contributed by atoms with Crippen LogP contribution in [0, 0.1) is 0 Å². The number of nitrogens with two attached hydrogens (primary N) is 1. The molecule has 24 heavy (non-hydrogen) atoms. The molecule has 0 bridgehead atoms. The maximum absolute atomic E-state index is 6.24. The minimum atomic E-state index is 0.150. The third kappa shape index (κ3) is 2.92. The predicted molar refractivity (Wildman–Crippen MR) is 90.7 cm³/mol. The van der Waals surface area contributed by atoms with Crippen molar-refractivity contribution in [3.8, 4) is 17.1 Å². The summed E-state index contributed by atoms with van der Waals surface area (Å²) >= 11 is 0. The van der Waals surface area contributed by atoms with E-state index in [1.165, 1.54) is 0 Å². The van der Waals surface area contributed by atoms with Gasteiger partial charge in [0.05, 0.1) is 18.1 Å². The smallest absolute Gasteiger partial charge is 0.241 e. The molecular weight excluding hydrogens is 306 g/mol. The quantitative estimate of drug-likeness (QED) is 0.751. The standard InChI is InChI=1S/C16H21N7O/c1-22-9-11(8-19-22)13-10-23-14(7-15(17)21-23)16(20-13)24-12-3-2-5-18-6-4-12/h7-10,12,18H,2-6H2,1H3,(H2,17,21)/t12-/m1/s1. The maximum atomic E-state index is 6.24. The van der Waals surface area contributed by atoms with E-state index in [-0.39, 0.29) is 6.10 Å².